The van der Waals surface area contributed by atoms with E-state index in [0.29, 0.717) is 6.61 Å². The molecule has 0 amide bonds. The van der Waals surface area contributed by atoms with Crippen molar-refractivity contribution in [1.29, 1.82) is 0 Å². The fourth-order valence-electron chi connectivity index (χ4n) is 1.24. The van der Waals surface area contributed by atoms with Crippen LogP contribution in [0.15, 0.2) is 36.4 Å². The van der Waals surface area contributed by atoms with Gasteiger partial charge in [0.05, 0.1) is 0 Å². The van der Waals surface area contributed by atoms with Gasteiger partial charge >= 0.3 is 0 Å². The maximum atomic E-state index is 5.41. The predicted octanol–water partition coefficient (Wildman–Crippen LogP) is 1.63. The zero-order valence-corrected chi connectivity index (χ0v) is 6.36. The molecule has 0 bridgehead atoms. The second-order valence-electron chi connectivity index (χ2n) is 2.61. The highest BCUT2D eigenvalue weighted by Gasteiger charge is 2.10. The van der Waals surface area contributed by atoms with Crippen LogP contribution in [0.1, 0.15) is 6.42 Å². The molecule has 0 radical (unpaired) electrons. The minimum Gasteiger partial charge on any atom is -0.475 e. The van der Waals surface area contributed by atoms with E-state index in [2.05, 4.69) is 17.2 Å². The summed E-state index contributed by atoms with van der Waals surface area (Å²) in [6, 6.07) is 0. The lowest BCUT2D eigenvalue weighted by molar-refractivity contribution is 0.163. The lowest BCUT2D eigenvalue weighted by Crippen LogP contribution is -2.17. The molecule has 0 saturated heterocycles. The minimum absolute atomic E-state index is 0.705. The molecule has 2 rings (SSSR count). The average Bonchev–Trinajstić information content (AvgIpc) is 2.58. The van der Waals surface area contributed by atoms with E-state index in [-0.39, 0.29) is 0 Å². The molecular weight excluding hydrogens is 138 g/mol. The monoisotopic (exact) mass is 149 g/mol. The summed E-state index contributed by atoms with van der Waals surface area (Å²) in [7, 11) is 0. The van der Waals surface area contributed by atoms with Gasteiger partial charge < -0.3 is 9.64 Å². The number of nitrogens with zero attached hydrogens (tertiary/aromatic N) is 1. The summed E-state index contributed by atoms with van der Waals surface area (Å²) >= 11 is 0. The highest BCUT2D eigenvalue weighted by atomic mass is 16.5. The molecule has 0 unspecified atom stereocenters. The van der Waals surface area contributed by atoms with Crippen molar-refractivity contribution in [1.82, 2.24) is 4.90 Å². The van der Waals surface area contributed by atoms with Gasteiger partial charge in [0, 0.05) is 12.7 Å². The Bertz CT molecular complexity index is 228. The molecule has 0 N–H and O–H groups in total. The number of rotatable bonds is 1. The first-order valence-corrected chi connectivity index (χ1v) is 3.90. The van der Waals surface area contributed by atoms with Crippen LogP contribution >= 0.6 is 0 Å². The quantitative estimate of drug-likeness (QED) is 0.562. The molecule has 58 valence electrons. The Kier molecular flexibility index (Phi) is 1.68. The number of allylic oxidation sites excluding steroid dienone is 2. The number of ether oxygens (including phenoxy) is 1. The van der Waals surface area contributed by atoms with Crippen LogP contribution in [-0.2, 0) is 4.74 Å². The number of hydrogen-bond donors (Lipinski definition) is 0. The molecule has 2 nitrogen and oxygen atoms in total. The molecule has 11 heavy (non-hydrogen) atoms. The van der Waals surface area contributed by atoms with E-state index in [4.69, 9.17) is 4.74 Å². The van der Waals surface area contributed by atoms with Crippen LogP contribution in [0, 0.1) is 0 Å². The SMILES string of the molecule is C1=CCOC(N2C=CCC2)=C1. The summed E-state index contributed by atoms with van der Waals surface area (Å²) in [5.74, 6) is 0.973. The van der Waals surface area contributed by atoms with Gasteiger partial charge in [-0.25, -0.2) is 0 Å². The molecule has 2 aliphatic rings. The Morgan fingerprint density at radius 3 is 3.00 bits per heavy atom. The molecule has 0 spiro atoms. The normalized spacial score (nSPS) is 21.8. The molecule has 0 aliphatic carbocycles. The van der Waals surface area contributed by atoms with Gasteiger partial charge in [0.1, 0.15) is 6.61 Å². The Morgan fingerprint density at radius 1 is 1.36 bits per heavy atom. The summed E-state index contributed by atoms with van der Waals surface area (Å²) in [6.07, 6.45) is 11.4. The molecule has 0 aromatic carbocycles. The molecule has 2 aliphatic heterocycles. The van der Waals surface area contributed by atoms with Gasteiger partial charge in [-0.15, -0.1) is 0 Å². The Balaban J connectivity index is 2.08. The van der Waals surface area contributed by atoms with Crippen molar-refractivity contribution < 1.29 is 4.74 Å². The molecule has 0 fully saturated rings. The van der Waals surface area contributed by atoms with Crippen LogP contribution in [0.25, 0.3) is 0 Å². The van der Waals surface area contributed by atoms with Crippen LogP contribution in [0.2, 0.25) is 0 Å². The first-order chi connectivity index (χ1) is 5.47. The third kappa shape index (κ3) is 1.29. The van der Waals surface area contributed by atoms with E-state index < -0.39 is 0 Å². The van der Waals surface area contributed by atoms with Gasteiger partial charge in [0.25, 0.3) is 0 Å². The zero-order valence-electron chi connectivity index (χ0n) is 6.36. The summed E-state index contributed by atoms with van der Waals surface area (Å²) in [4.78, 5) is 2.13. The Labute approximate surface area is 66.5 Å². The second-order valence-corrected chi connectivity index (χ2v) is 2.61. The third-order valence-electron chi connectivity index (χ3n) is 1.81. The topological polar surface area (TPSA) is 12.5 Å². The van der Waals surface area contributed by atoms with Gasteiger partial charge in [0.15, 0.2) is 5.88 Å². The Hall–Kier alpha value is -1.18. The van der Waals surface area contributed by atoms with Crippen molar-refractivity contribution >= 4 is 0 Å². The van der Waals surface area contributed by atoms with Gasteiger partial charge in [-0.1, -0.05) is 12.2 Å². The van der Waals surface area contributed by atoms with Gasteiger partial charge in [-0.2, -0.15) is 0 Å². The Morgan fingerprint density at radius 2 is 2.36 bits per heavy atom. The first-order valence-electron chi connectivity index (χ1n) is 3.90. The lowest BCUT2D eigenvalue weighted by Gasteiger charge is -2.20. The highest BCUT2D eigenvalue weighted by molar-refractivity contribution is 5.14. The van der Waals surface area contributed by atoms with E-state index in [1.807, 2.05) is 18.2 Å². The molecular formula is C9H11NO. The van der Waals surface area contributed by atoms with Crippen molar-refractivity contribution in [3.8, 4) is 0 Å². The molecule has 0 saturated carbocycles. The largest absolute Gasteiger partial charge is 0.475 e. The molecule has 0 aromatic heterocycles. The van der Waals surface area contributed by atoms with Crippen LogP contribution in [-0.4, -0.2) is 18.1 Å². The predicted molar refractivity (Wildman–Crippen MR) is 43.6 cm³/mol. The number of hydrogen-bond acceptors (Lipinski definition) is 2. The van der Waals surface area contributed by atoms with Gasteiger partial charge in [-0.05, 0) is 18.6 Å². The van der Waals surface area contributed by atoms with Crippen molar-refractivity contribution in [2.45, 2.75) is 6.42 Å². The van der Waals surface area contributed by atoms with Crippen molar-refractivity contribution in [3.05, 3.63) is 36.4 Å². The molecule has 2 heterocycles. The van der Waals surface area contributed by atoms with E-state index in [0.717, 1.165) is 18.8 Å². The fraction of sp³-hybridized carbons (Fsp3) is 0.333. The third-order valence-corrected chi connectivity index (χ3v) is 1.81. The summed E-state index contributed by atoms with van der Waals surface area (Å²) in [5.41, 5.74) is 0. The second kappa shape index (κ2) is 2.82. The maximum Gasteiger partial charge on any atom is 0.193 e. The van der Waals surface area contributed by atoms with Crippen LogP contribution in [0.5, 0.6) is 0 Å². The lowest BCUT2D eigenvalue weighted by atomic mass is 10.4. The van der Waals surface area contributed by atoms with E-state index in [9.17, 15) is 0 Å². The molecule has 0 aromatic rings. The van der Waals surface area contributed by atoms with Crippen LogP contribution < -0.4 is 0 Å². The van der Waals surface area contributed by atoms with E-state index in [1.165, 1.54) is 0 Å². The van der Waals surface area contributed by atoms with Crippen LogP contribution in [0.3, 0.4) is 0 Å². The van der Waals surface area contributed by atoms with Crippen molar-refractivity contribution in [2.24, 2.45) is 0 Å². The van der Waals surface area contributed by atoms with E-state index >= 15 is 0 Å². The summed E-state index contributed by atoms with van der Waals surface area (Å²) in [6.45, 7) is 1.76. The van der Waals surface area contributed by atoms with Crippen molar-refractivity contribution in [2.75, 3.05) is 13.2 Å². The van der Waals surface area contributed by atoms with Crippen molar-refractivity contribution in [3.63, 3.8) is 0 Å². The van der Waals surface area contributed by atoms with Crippen LogP contribution in [0.4, 0.5) is 0 Å². The molecule has 2 heteroatoms. The summed E-state index contributed by atoms with van der Waals surface area (Å²) < 4.78 is 5.41. The molecule has 0 atom stereocenters. The van der Waals surface area contributed by atoms with E-state index in [1.54, 1.807) is 0 Å². The maximum absolute atomic E-state index is 5.41. The highest BCUT2D eigenvalue weighted by Crippen LogP contribution is 2.15. The fourth-order valence-corrected chi connectivity index (χ4v) is 1.24. The van der Waals surface area contributed by atoms with Gasteiger partial charge in [-0.3, -0.25) is 0 Å². The minimum atomic E-state index is 0.705. The average molecular weight is 149 g/mol. The summed E-state index contributed by atoms with van der Waals surface area (Å²) in [5, 5.41) is 0. The zero-order chi connectivity index (χ0) is 7.52. The van der Waals surface area contributed by atoms with Gasteiger partial charge in [0.2, 0.25) is 0 Å². The standard InChI is InChI=1S/C9H11NO/c1-4-8-11-9(5-1)10-6-2-3-7-10/h1-2,4-6H,3,7-8H2. The smallest absolute Gasteiger partial charge is 0.193 e. The first kappa shape index (κ1) is 6.53.